The topological polar surface area (TPSA) is 65.0 Å². The van der Waals surface area contributed by atoms with E-state index in [1.165, 1.54) is 51.4 Å². The van der Waals surface area contributed by atoms with Crippen LogP contribution in [-0.4, -0.2) is 36.2 Å². The Balaban J connectivity index is 2.00. The van der Waals surface area contributed by atoms with E-state index in [0.29, 0.717) is 19.4 Å². The highest BCUT2D eigenvalue weighted by Crippen LogP contribution is 2.28. The van der Waals surface area contributed by atoms with Crippen LogP contribution < -0.4 is 0 Å². The van der Waals surface area contributed by atoms with Gasteiger partial charge >= 0.3 is 5.97 Å². The van der Waals surface area contributed by atoms with Crippen LogP contribution in [-0.2, 0) is 25.6 Å². The largest absolute Gasteiger partial charge is 0.481 e. The summed E-state index contributed by atoms with van der Waals surface area (Å²) in [4.78, 5) is 12.5. The Morgan fingerprint density at radius 1 is 0.872 bits per heavy atom. The third-order valence-corrected chi connectivity index (χ3v) is 8.05. The molecular weight excluding hydrogens is 488 g/mol. The third-order valence-electron chi connectivity index (χ3n) is 8.05. The maximum Gasteiger partial charge on any atom is 0.309 e. The molecule has 4 atom stereocenters. The predicted molar refractivity (Wildman–Crippen MR) is 160 cm³/mol. The molecule has 5 heteroatoms. The van der Waals surface area contributed by atoms with Crippen LogP contribution in [0.1, 0.15) is 141 Å². The first kappa shape index (κ1) is 33.8. The SMILES string of the molecule is CCCCCCCCCCC[C@H](C[C@H](OCc1ccccc1)[C@H](CCCCCC)C(=O)O)OC1CCCCO1. The zero-order valence-electron chi connectivity index (χ0n) is 25.1. The molecule has 1 unspecified atom stereocenters. The van der Waals surface area contributed by atoms with Gasteiger partial charge in [-0.1, -0.05) is 128 Å². The number of carboxylic acids is 1. The van der Waals surface area contributed by atoms with Crippen molar-refractivity contribution in [3.05, 3.63) is 35.9 Å². The molecule has 1 aromatic carbocycles. The fraction of sp³-hybridized carbons (Fsp3) is 0.794. The number of rotatable bonds is 24. The summed E-state index contributed by atoms with van der Waals surface area (Å²) in [6, 6.07) is 10.1. The van der Waals surface area contributed by atoms with E-state index < -0.39 is 11.9 Å². The van der Waals surface area contributed by atoms with Crippen molar-refractivity contribution >= 4 is 5.97 Å². The van der Waals surface area contributed by atoms with Crippen molar-refractivity contribution < 1.29 is 24.1 Å². The fourth-order valence-electron chi connectivity index (χ4n) is 5.60. The van der Waals surface area contributed by atoms with Crippen LogP contribution in [0.25, 0.3) is 0 Å². The molecule has 224 valence electrons. The molecule has 1 aromatic rings. The molecule has 39 heavy (non-hydrogen) atoms. The lowest BCUT2D eigenvalue weighted by Crippen LogP contribution is -2.37. The minimum atomic E-state index is -0.750. The Morgan fingerprint density at radius 3 is 2.10 bits per heavy atom. The highest BCUT2D eigenvalue weighted by Gasteiger charge is 2.32. The van der Waals surface area contributed by atoms with Crippen molar-refractivity contribution in [1.82, 2.24) is 0 Å². The number of unbranched alkanes of at least 4 members (excludes halogenated alkanes) is 11. The minimum Gasteiger partial charge on any atom is -0.481 e. The third kappa shape index (κ3) is 15.8. The Bertz CT molecular complexity index is 703. The molecule has 0 aromatic heterocycles. The van der Waals surface area contributed by atoms with Gasteiger partial charge in [0.1, 0.15) is 0 Å². The van der Waals surface area contributed by atoms with Gasteiger partial charge in [0.15, 0.2) is 6.29 Å². The summed E-state index contributed by atoms with van der Waals surface area (Å²) in [5, 5.41) is 10.2. The van der Waals surface area contributed by atoms with Crippen LogP contribution in [0.2, 0.25) is 0 Å². The maximum absolute atomic E-state index is 12.5. The second kappa shape index (κ2) is 22.3. The average molecular weight is 547 g/mol. The molecule has 0 saturated carbocycles. The maximum atomic E-state index is 12.5. The molecule has 1 aliphatic heterocycles. The summed E-state index contributed by atoms with van der Waals surface area (Å²) in [6.07, 6.45) is 20.6. The van der Waals surface area contributed by atoms with Crippen molar-refractivity contribution in [3.8, 4) is 0 Å². The van der Waals surface area contributed by atoms with E-state index in [9.17, 15) is 9.90 Å². The molecule has 1 saturated heterocycles. The Morgan fingerprint density at radius 2 is 1.49 bits per heavy atom. The van der Waals surface area contributed by atoms with Crippen LogP contribution in [0, 0.1) is 5.92 Å². The van der Waals surface area contributed by atoms with Crippen LogP contribution >= 0.6 is 0 Å². The normalized spacial score (nSPS) is 18.1. The van der Waals surface area contributed by atoms with Crippen LogP contribution in [0.15, 0.2) is 30.3 Å². The van der Waals surface area contributed by atoms with Crippen LogP contribution in [0.4, 0.5) is 0 Å². The zero-order valence-corrected chi connectivity index (χ0v) is 25.1. The second-order valence-electron chi connectivity index (χ2n) is 11.5. The molecule has 0 radical (unpaired) electrons. The van der Waals surface area contributed by atoms with Gasteiger partial charge in [0.25, 0.3) is 0 Å². The van der Waals surface area contributed by atoms with E-state index in [0.717, 1.165) is 70.0 Å². The first-order valence-corrected chi connectivity index (χ1v) is 16.3. The van der Waals surface area contributed by atoms with Gasteiger partial charge in [-0.05, 0) is 37.7 Å². The first-order valence-electron chi connectivity index (χ1n) is 16.3. The van der Waals surface area contributed by atoms with Gasteiger partial charge in [0.2, 0.25) is 0 Å². The molecule has 0 bridgehead atoms. The Labute approximate surface area is 239 Å². The van der Waals surface area contributed by atoms with Gasteiger partial charge in [-0.2, -0.15) is 0 Å². The number of carbonyl (C=O) groups is 1. The Hall–Kier alpha value is -1.43. The number of carboxylic acid groups (broad SMARTS) is 1. The summed E-state index contributed by atoms with van der Waals surface area (Å²) in [6.45, 7) is 5.62. The van der Waals surface area contributed by atoms with E-state index in [1.807, 2.05) is 30.3 Å². The predicted octanol–water partition coefficient (Wildman–Crippen LogP) is 9.47. The molecule has 1 aliphatic rings. The first-order chi connectivity index (χ1) is 19.1. The van der Waals surface area contributed by atoms with Gasteiger partial charge in [0, 0.05) is 13.0 Å². The summed E-state index contributed by atoms with van der Waals surface area (Å²) in [5.74, 6) is -1.27. The summed E-state index contributed by atoms with van der Waals surface area (Å²) in [5.41, 5.74) is 1.07. The molecule has 0 amide bonds. The van der Waals surface area contributed by atoms with E-state index in [-0.39, 0.29) is 18.5 Å². The van der Waals surface area contributed by atoms with E-state index >= 15 is 0 Å². The molecule has 0 spiro atoms. The number of benzene rings is 1. The summed E-state index contributed by atoms with van der Waals surface area (Å²) < 4.78 is 18.9. The van der Waals surface area contributed by atoms with E-state index in [1.54, 1.807) is 0 Å². The van der Waals surface area contributed by atoms with Gasteiger partial charge in [-0.15, -0.1) is 0 Å². The van der Waals surface area contributed by atoms with Gasteiger partial charge in [0.05, 0.1) is 24.7 Å². The molecule has 2 rings (SSSR count). The second-order valence-corrected chi connectivity index (χ2v) is 11.5. The molecule has 1 heterocycles. The van der Waals surface area contributed by atoms with Crippen molar-refractivity contribution in [2.75, 3.05) is 6.61 Å². The lowest BCUT2D eigenvalue weighted by molar-refractivity contribution is -0.198. The van der Waals surface area contributed by atoms with Crippen LogP contribution in [0.3, 0.4) is 0 Å². The van der Waals surface area contributed by atoms with Gasteiger partial charge in [-0.3, -0.25) is 4.79 Å². The highest BCUT2D eigenvalue weighted by atomic mass is 16.7. The molecule has 1 N–H and O–H groups in total. The van der Waals surface area contributed by atoms with Gasteiger partial charge in [-0.25, -0.2) is 0 Å². The lowest BCUT2D eigenvalue weighted by atomic mass is 9.90. The summed E-state index contributed by atoms with van der Waals surface area (Å²) in [7, 11) is 0. The fourth-order valence-corrected chi connectivity index (χ4v) is 5.60. The van der Waals surface area contributed by atoms with E-state index in [4.69, 9.17) is 14.2 Å². The van der Waals surface area contributed by atoms with E-state index in [2.05, 4.69) is 13.8 Å². The molecule has 5 nitrogen and oxygen atoms in total. The molecule has 0 aliphatic carbocycles. The number of ether oxygens (including phenoxy) is 3. The standard InChI is InChI=1S/C34H58O5/c1-3-5-7-9-10-11-12-13-17-23-30(39-33-25-19-20-26-37-33)27-32(38-28-29-21-15-14-16-22-29)31(34(35)36)24-18-8-6-4-2/h14-16,21-22,30-33H,3-13,17-20,23-28H2,1-2H3,(H,35,36)/t30-,31+,32+,33?/m1/s1. The van der Waals surface area contributed by atoms with Crippen LogP contribution in [0.5, 0.6) is 0 Å². The highest BCUT2D eigenvalue weighted by molar-refractivity contribution is 5.70. The molecular formula is C34H58O5. The van der Waals surface area contributed by atoms with Crippen molar-refractivity contribution in [3.63, 3.8) is 0 Å². The number of hydrogen-bond acceptors (Lipinski definition) is 4. The van der Waals surface area contributed by atoms with Crippen molar-refractivity contribution in [2.24, 2.45) is 5.92 Å². The van der Waals surface area contributed by atoms with Gasteiger partial charge < -0.3 is 19.3 Å². The smallest absolute Gasteiger partial charge is 0.309 e. The minimum absolute atomic E-state index is 0.0454. The average Bonchev–Trinajstić information content (AvgIpc) is 2.95. The van der Waals surface area contributed by atoms with Crippen molar-refractivity contribution in [1.29, 1.82) is 0 Å². The zero-order chi connectivity index (χ0) is 28.0. The lowest BCUT2D eigenvalue weighted by Gasteiger charge is -2.32. The molecule has 1 fully saturated rings. The number of hydrogen-bond donors (Lipinski definition) is 1. The Kier molecular flexibility index (Phi) is 19.3. The quantitative estimate of drug-likeness (QED) is 0.131. The number of aliphatic carboxylic acids is 1. The summed E-state index contributed by atoms with van der Waals surface area (Å²) >= 11 is 0. The monoisotopic (exact) mass is 546 g/mol. The van der Waals surface area contributed by atoms with Crippen molar-refractivity contribution in [2.45, 2.75) is 161 Å².